The minimum absolute atomic E-state index is 0.208. The van der Waals surface area contributed by atoms with Crippen LogP contribution in [0.15, 0.2) is 30.3 Å². The monoisotopic (exact) mass is 419 g/mol. The van der Waals surface area contributed by atoms with E-state index in [9.17, 15) is 14.7 Å². The van der Waals surface area contributed by atoms with Crippen LogP contribution in [0.4, 0.5) is 4.79 Å². The molecule has 0 saturated carbocycles. The first-order valence-electron chi connectivity index (χ1n) is 10.4. The van der Waals surface area contributed by atoms with Crippen molar-refractivity contribution in [3.05, 3.63) is 35.9 Å². The number of hydrogen-bond acceptors (Lipinski definition) is 5. The molecule has 0 radical (unpaired) electrons. The van der Waals surface area contributed by atoms with Gasteiger partial charge in [-0.25, -0.2) is 14.6 Å². The maximum absolute atomic E-state index is 14.0. The number of carbonyl (C=O) groups excluding carboxylic acids is 2. The van der Waals surface area contributed by atoms with Gasteiger partial charge in [0.05, 0.1) is 5.54 Å². The molecule has 2 atom stereocenters. The van der Waals surface area contributed by atoms with E-state index in [0.29, 0.717) is 37.0 Å². The van der Waals surface area contributed by atoms with Gasteiger partial charge in [-0.15, -0.1) is 0 Å². The molecular weight excluding hydrogens is 386 g/mol. The predicted molar refractivity (Wildman–Crippen MR) is 114 cm³/mol. The van der Waals surface area contributed by atoms with E-state index in [2.05, 4.69) is 44.5 Å². The number of carboxylic acid groups (broad SMARTS) is 1. The number of carbonyl (C=O) groups is 2. The molecule has 1 spiro atoms. The molecule has 1 aromatic carbocycles. The van der Waals surface area contributed by atoms with Crippen molar-refractivity contribution in [2.24, 2.45) is 0 Å². The average Bonchev–Trinajstić information content (AvgIpc) is 2.90. The van der Waals surface area contributed by atoms with E-state index in [4.69, 9.17) is 0 Å². The molecule has 2 aliphatic rings. The molecule has 6 nitrogen and oxygen atoms in total. The topological polar surface area (TPSA) is 72.5 Å². The quantitative estimate of drug-likeness (QED) is 0.741. The maximum Gasteiger partial charge on any atom is 0.333 e. The minimum atomic E-state index is -1.12. The smallest absolute Gasteiger partial charge is 0.333 e. The van der Waals surface area contributed by atoms with Crippen LogP contribution in [0.25, 0.3) is 0 Å². The minimum Gasteiger partial charge on any atom is -0.530 e. The number of rotatable bonds is 5. The van der Waals surface area contributed by atoms with Gasteiger partial charge in [0.15, 0.2) is 5.66 Å². The first-order chi connectivity index (χ1) is 13.7. The molecule has 3 rings (SSSR count). The number of nitrogens with one attached hydrogen (secondary N) is 1. The molecule has 1 N–H and O–H groups in total. The number of piperidine rings is 1. The zero-order chi connectivity index (χ0) is 21.3. The van der Waals surface area contributed by atoms with Crippen LogP contribution in [0.3, 0.4) is 0 Å². The first-order valence-corrected chi connectivity index (χ1v) is 11.8. The van der Waals surface area contributed by atoms with E-state index in [1.165, 1.54) is 4.90 Å². The van der Waals surface area contributed by atoms with Crippen LogP contribution in [0.5, 0.6) is 0 Å². The molecule has 1 aromatic rings. The summed E-state index contributed by atoms with van der Waals surface area (Å²) >= 11 is 1.75. The fourth-order valence-electron chi connectivity index (χ4n) is 5.29. The average molecular weight is 420 g/mol. The van der Waals surface area contributed by atoms with Crippen LogP contribution in [-0.2, 0) is 11.3 Å². The molecule has 0 aliphatic carbocycles. The summed E-state index contributed by atoms with van der Waals surface area (Å²) in [6, 6.07) is 9.97. The number of thioether (sulfide) groups is 1. The zero-order valence-electron chi connectivity index (χ0n) is 17.9. The SMILES string of the molecule is CSCCC1NC2(CCN(C(=O)[O-])CC2)[N+](Cc2ccccc2)(C(C)(C)C)C1=O. The van der Waals surface area contributed by atoms with Crippen molar-refractivity contribution in [1.29, 1.82) is 0 Å². The molecule has 2 amide bonds. The van der Waals surface area contributed by atoms with Gasteiger partial charge in [-0.2, -0.15) is 11.8 Å². The third kappa shape index (κ3) is 3.80. The van der Waals surface area contributed by atoms with Crippen molar-refractivity contribution in [1.82, 2.24) is 10.2 Å². The van der Waals surface area contributed by atoms with E-state index in [-0.39, 0.29) is 17.5 Å². The molecule has 2 saturated heterocycles. The first kappa shape index (κ1) is 22.1. The predicted octanol–water partition coefficient (Wildman–Crippen LogP) is 2.19. The lowest BCUT2D eigenvalue weighted by Gasteiger charge is -2.56. The second-order valence-electron chi connectivity index (χ2n) is 9.23. The van der Waals surface area contributed by atoms with Crippen molar-refractivity contribution in [2.45, 2.75) is 63.8 Å². The van der Waals surface area contributed by atoms with Gasteiger partial charge in [-0.05, 0) is 39.2 Å². The van der Waals surface area contributed by atoms with Crippen LogP contribution in [0, 0.1) is 0 Å². The second kappa shape index (κ2) is 8.28. The molecule has 2 aliphatic heterocycles. The molecule has 0 bridgehead atoms. The number of likely N-dealkylation sites (tertiary alicyclic amines) is 1. The Hall–Kier alpha value is -1.57. The van der Waals surface area contributed by atoms with Gasteiger partial charge in [-0.1, -0.05) is 30.3 Å². The highest BCUT2D eigenvalue weighted by molar-refractivity contribution is 7.98. The Morgan fingerprint density at radius 3 is 2.41 bits per heavy atom. The van der Waals surface area contributed by atoms with Crippen LogP contribution in [0.2, 0.25) is 0 Å². The van der Waals surface area contributed by atoms with Gasteiger partial charge in [0.1, 0.15) is 18.7 Å². The fraction of sp³-hybridized carbons (Fsp3) is 0.636. The van der Waals surface area contributed by atoms with Crippen LogP contribution < -0.4 is 10.4 Å². The Balaban J connectivity index is 2.06. The van der Waals surface area contributed by atoms with Crippen LogP contribution in [-0.4, -0.2) is 63.7 Å². The number of amides is 2. The third-order valence-electron chi connectivity index (χ3n) is 6.72. The second-order valence-corrected chi connectivity index (χ2v) is 10.2. The number of nitrogens with zero attached hydrogens (tertiary/aromatic N) is 2. The lowest BCUT2D eigenvalue weighted by atomic mass is 9.86. The largest absolute Gasteiger partial charge is 0.530 e. The lowest BCUT2D eigenvalue weighted by molar-refractivity contribution is -0.957. The van der Waals surface area contributed by atoms with Crippen molar-refractivity contribution < 1.29 is 19.2 Å². The maximum atomic E-state index is 14.0. The summed E-state index contributed by atoms with van der Waals surface area (Å²) in [6.45, 7) is 7.81. The summed E-state index contributed by atoms with van der Waals surface area (Å²) in [5.41, 5.74) is 0.322. The number of hydrogen-bond donors (Lipinski definition) is 1. The van der Waals surface area contributed by atoms with Crippen molar-refractivity contribution in [3.8, 4) is 0 Å². The summed E-state index contributed by atoms with van der Waals surface area (Å²) < 4.78 is 0.309. The van der Waals surface area contributed by atoms with E-state index >= 15 is 0 Å². The van der Waals surface area contributed by atoms with Gasteiger partial charge in [0.25, 0.3) is 0 Å². The standard InChI is InChI=1S/C22H33N3O3S/c1-21(2,3)25(16-17-8-6-5-7-9-17)19(26)18(10-15-29-4)23-22(25)11-13-24(14-12-22)20(27)28/h5-9,18,23H,10-16H2,1-4H3. The summed E-state index contributed by atoms with van der Waals surface area (Å²) in [4.78, 5) is 26.8. The van der Waals surface area contributed by atoms with Crippen LogP contribution >= 0.6 is 11.8 Å². The molecule has 29 heavy (non-hydrogen) atoms. The van der Waals surface area contributed by atoms with Gasteiger partial charge in [0.2, 0.25) is 0 Å². The van der Waals surface area contributed by atoms with E-state index < -0.39 is 11.8 Å². The van der Waals surface area contributed by atoms with Crippen molar-refractivity contribution >= 4 is 23.8 Å². The highest BCUT2D eigenvalue weighted by Crippen LogP contribution is 2.47. The normalized spacial score (nSPS) is 26.8. The highest BCUT2D eigenvalue weighted by atomic mass is 32.2. The Morgan fingerprint density at radius 1 is 1.28 bits per heavy atom. The highest BCUT2D eigenvalue weighted by Gasteiger charge is 2.69. The Labute approximate surface area is 178 Å². The summed E-state index contributed by atoms with van der Waals surface area (Å²) in [6.07, 6.45) is 2.93. The summed E-state index contributed by atoms with van der Waals surface area (Å²) in [5.74, 6) is 1.15. The van der Waals surface area contributed by atoms with Gasteiger partial charge in [-0.3, -0.25) is 0 Å². The third-order valence-corrected chi connectivity index (χ3v) is 7.36. The van der Waals surface area contributed by atoms with E-state index in [1.807, 2.05) is 18.2 Å². The van der Waals surface area contributed by atoms with Crippen molar-refractivity contribution in [2.75, 3.05) is 25.1 Å². The fourth-order valence-corrected chi connectivity index (χ4v) is 5.76. The Morgan fingerprint density at radius 2 is 1.90 bits per heavy atom. The van der Waals surface area contributed by atoms with Crippen LogP contribution in [0.1, 0.15) is 45.6 Å². The van der Waals surface area contributed by atoms with Gasteiger partial charge < -0.3 is 14.8 Å². The Kier molecular flexibility index (Phi) is 6.32. The molecular formula is C22H33N3O3S. The van der Waals surface area contributed by atoms with Gasteiger partial charge in [0, 0.05) is 31.5 Å². The molecule has 160 valence electrons. The molecule has 7 heteroatoms. The van der Waals surface area contributed by atoms with Gasteiger partial charge >= 0.3 is 5.91 Å². The molecule has 2 fully saturated rings. The lowest BCUT2D eigenvalue weighted by Crippen LogP contribution is -2.75. The summed E-state index contributed by atoms with van der Waals surface area (Å²) in [5, 5.41) is 15.1. The number of quaternary nitrogens is 1. The summed E-state index contributed by atoms with van der Waals surface area (Å²) in [7, 11) is 0. The zero-order valence-corrected chi connectivity index (χ0v) is 18.8. The molecule has 2 unspecified atom stereocenters. The Bertz CT molecular complexity index is 741. The number of benzene rings is 1. The molecule has 0 aromatic heterocycles. The van der Waals surface area contributed by atoms with Crippen molar-refractivity contribution in [3.63, 3.8) is 0 Å². The van der Waals surface area contributed by atoms with E-state index in [1.54, 1.807) is 11.8 Å². The molecule has 2 heterocycles. The van der Waals surface area contributed by atoms with E-state index in [0.717, 1.165) is 17.7 Å².